The van der Waals surface area contributed by atoms with Gasteiger partial charge in [0.05, 0.1) is 33.0 Å². The largest absolute Gasteiger partial charge is 0.462 e. The number of unbranched alkanes of at least 4 members (excludes halogenated alkanes) is 28. The van der Waals surface area contributed by atoms with Crippen molar-refractivity contribution in [3.05, 3.63) is 0 Å². The van der Waals surface area contributed by atoms with Gasteiger partial charge in [0.1, 0.15) is 30.5 Å². The maximum Gasteiger partial charge on any atom is 0.407 e. The monoisotopic (exact) mass is 1130 g/mol. The van der Waals surface area contributed by atoms with Crippen molar-refractivity contribution in [3.63, 3.8) is 0 Å². The Hall–Kier alpha value is -2.68. The molecule has 0 radical (unpaired) electrons. The number of carbonyl (C=O) groups is 4. The Labute approximate surface area is 485 Å². The lowest BCUT2D eigenvalue weighted by Crippen LogP contribution is -2.34. The fourth-order valence-electron chi connectivity index (χ4n) is 9.44. The molecule has 0 heterocycles. The van der Waals surface area contributed by atoms with E-state index >= 15 is 0 Å². The lowest BCUT2D eigenvalue weighted by Gasteiger charge is -2.19. The van der Waals surface area contributed by atoms with E-state index in [1.807, 2.05) is 20.8 Å². The van der Waals surface area contributed by atoms with Crippen LogP contribution in [0.1, 0.15) is 305 Å². The first-order valence-electron chi connectivity index (χ1n) is 33.0. The van der Waals surface area contributed by atoms with Gasteiger partial charge in [0.2, 0.25) is 0 Å². The molecule has 0 fully saturated rings. The molecule has 0 aromatic carbocycles. The molecule has 14 nitrogen and oxygen atoms in total. The lowest BCUT2D eigenvalue weighted by atomic mass is 10.0. The molecule has 0 saturated heterocycles. The SMILES string of the molecule is CCCCCCCCC(CCCCCCCC)OC(=O)CCCCCCCOCC(COC(=O)NCCOCCOCCNC(=O)OC(C)(C)C)OCCCCCCCC(=O)OC(CCCCCCCC)CCCCCCCC. The lowest BCUT2D eigenvalue weighted by molar-refractivity contribution is -0.151. The summed E-state index contributed by atoms with van der Waals surface area (Å²) in [6, 6.07) is 0. The first-order chi connectivity index (χ1) is 38.4. The average molecular weight is 1130 g/mol. The Morgan fingerprint density at radius 2 is 0.709 bits per heavy atom. The minimum Gasteiger partial charge on any atom is -0.462 e. The van der Waals surface area contributed by atoms with Gasteiger partial charge in [-0.15, -0.1) is 0 Å². The van der Waals surface area contributed by atoms with Crippen molar-refractivity contribution >= 4 is 24.1 Å². The molecule has 0 bridgehead atoms. The smallest absolute Gasteiger partial charge is 0.407 e. The van der Waals surface area contributed by atoms with Gasteiger partial charge in [0, 0.05) is 39.1 Å². The molecule has 2 N–H and O–H groups in total. The molecular formula is C65H126N2O12. The van der Waals surface area contributed by atoms with Gasteiger partial charge < -0.3 is 48.5 Å². The number of hydrogen-bond acceptors (Lipinski definition) is 12. The summed E-state index contributed by atoms with van der Waals surface area (Å²) in [6.07, 6.45) is 43.0. The van der Waals surface area contributed by atoms with E-state index in [0.29, 0.717) is 65.6 Å². The van der Waals surface area contributed by atoms with Crippen LogP contribution in [0.25, 0.3) is 0 Å². The summed E-state index contributed by atoms with van der Waals surface area (Å²) in [5.41, 5.74) is -0.554. The van der Waals surface area contributed by atoms with E-state index in [9.17, 15) is 19.2 Å². The average Bonchev–Trinajstić information content (AvgIpc) is 3.41. The molecule has 0 rings (SSSR count). The molecule has 0 aliphatic heterocycles. The van der Waals surface area contributed by atoms with Crippen LogP contribution in [-0.2, 0) is 47.5 Å². The highest BCUT2D eigenvalue weighted by Crippen LogP contribution is 2.21. The summed E-state index contributed by atoms with van der Waals surface area (Å²) in [5.74, 6) is -0.0843. The third-order valence-electron chi connectivity index (χ3n) is 14.2. The van der Waals surface area contributed by atoms with E-state index in [1.54, 1.807) is 0 Å². The molecule has 79 heavy (non-hydrogen) atoms. The fraction of sp³-hybridized carbons (Fsp3) is 0.938. The van der Waals surface area contributed by atoms with Gasteiger partial charge in [-0.05, 0) is 97.8 Å². The highest BCUT2D eigenvalue weighted by atomic mass is 16.6. The number of carbonyl (C=O) groups excluding carboxylic acids is 4. The van der Waals surface area contributed by atoms with Crippen LogP contribution in [0, 0.1) is 0 Å². The molecule has 0 aromatic heterocycles. The second-order valence-corrected chi connectivity index (χ2v) is 23.2. The standard InChI is InChI=1S/C65H126N2O12/c1-8-12-16-20-26-34-42-58(43-35-27-21-17-13-9-2)77-61(68)46-38-30-24-32-40-50-74-56-60(57-76-63(70)66-48-52-72-54-55-73-53-49-67-64(71)79-65(5,6)7)75-51-41-33-25-31-39-47-62(69)78-59(44-36-28-22-18-14-10-3)45-37-29-23-19-15-11-4/h58-60H,8-57H2,1-7H3,(H,66,70)(H,67,71). The van der Waals surface area contributed by atoms with Crippen LogP contribution in [0.5, 0.6) is 0 Å². The zero-order valence-corrected chi connectivity index (χ0v) is 52.5. The Kier molecular flexibility index (Phi) is 56.5. The highest BCUT2D eigenvalue weighted by molar-refractivity contribution is 5.70. The molecular weight excluding hydrogens is 1000 g/mol. The molecule has 1 atom stereocenters. The zero-order chi connectivity index (χ0) is 58.0. The van der Waals surface area contributed by atoms with Crippen LogP contribution in [0.2, 0.25) is 0 Å². The molecule has 0 aromatic rings. The van der Waals surface area contributed by atoms with Crippen molar-refractivity contribution < 1.29 is 57.1 Å². The van der Waals surface area contributed by atoms with E-state index in [2.05, 4.69) is 38.3 Å². The highest BCUT2D eigenvalue weighted by Gasteiger charge is 2.18. The second-order valence-electron chi connectivity index (χ2n) is 23.2. The number of alkyl carbamates (subject to hydrolysis) is 2. The number of nitrogens with one attached hydrogen (secondary N) is 2. The van der Waals surface area contributed by atoms with E-state index in [4.69, 9.17) is 37.9 Å². The van der Waals surface area contributed by atoms with E-state index < -0.39 is 23.9 Å². The molecule has 0 saturated carbocycles. The molecule has 1 unspecified atom stereocenters. The zero-order valence-electron chi connectivity index (χ0n) is 52.5. The third kappa shape index (κ3) is 58.3. The minimum atomic E-state index is -0.554. The van der Waals surface area contributed by atoms with Crippen LogP contribution in [-0.4, -0.2) is 114 Å². The summed E-state index contributed by atoms with van der Waals surface area (Å²) in [5, 5.41) is 5.38. The molecule has 0 aliphatic rings. The van der Waals surface area contributed by atoms with Gasteiger partial charge in [-0.3, -0.25) is 9.59 Å². The predicted molar refractivity (Wildman–Crippen MR) is 323 cm³/mol. The van der Waals surface area contributed by atoms with Crippen molar-refractivity contribution in [1.82, 2.24) is 10.6 Å². The number of hydrogen-bond donors (Lipinski definition) is 2. The predicted octanol–water partition coefficient (Wildman–Crippen LogP) is 17.2. The molecule has 0 aliphatic carbocycles. The van der Waals surface area contributed by atoms with Crippen molar-refractivity contribution in [1.29, 1.82) is 0 Å². The van der Waals surface area contributed by atoms with E-state index in [0.717, 1.165) is 116 Å². The third-order valence-corrected chi connectivity index (χ3v) is 14.2. The fourth-order valence-corrected chi connectivity index (χ4v) is 9.44. The minimum absolute atomic E-state index is 0.0385. The van der Waals surface area contributed by atoms with Crippen LogP contribution >= 0.6 is 0 Å². The Balaban J connectivity index is 4.80. The van der Waals surface area contributed by atoms with E-state index in [1.165, 1.54) is 128 Å². The summed E-state index contributed by atoms with van der Waals surface area (Å²) in [4.78, 5) is 50.1. The van der Waals surface area contributed by atoms with Crippen LogP contribution in [0.3, 0.4) is 0 Å². The summed E-state index contributed by atoms with van der Waals surface area (Å²) >= 11 is 0. The Morgan fingerprint density at radius 3 is 1.11 bits per heavy atom. The van der Waals surface area contributed by atoms with Gasteiger partial charge >= 0.3 is 24.1 Å². The number of esters is 2. The van der Waals surface area contributed by atoms with Gasteiger partial charge in [-0.25, -0.2) is 9.59 Å². The van der Waals surface area contributed by atoms with Gasteiger partial charge in [-0.1, -0.05) is 195 Å². The summed E-state index contributed by atoms with van der Waals surface area (Å²) < 4.78 is 46.2. The molecule has 2 amide bonds. The van der Waals surface area contributed by atoms with Crippen molar-refractivity contribution in [3.8, 4) is 0 Å². The summed E-state index contributed by atoms with van der Waals surface area (Å²) in [7, 11) is 0. The van der Waals surface area contributed by atoms with Gasteiger partial charge in [-0.2, -0.15) is 0 Å². The van der Waals surface area contributed by atoms with Gasteiger partial charge in [0.25, 0.3) is 0 Å². The first kappa shape index (κ1) is 76.3. The maximum atomic E-state index is 12.9. The Morgan fingerprint density at radius 1 is 0.354 bits per heavy atom. The maximum absolute atomic E-state index is 12.9. The number of ether oxygens (including phenoxy) is 8. The summed E-state index contributed by atoms with van der Waals surface area (Å²) in [6.45, 7) is 17.8. The quantitative estimate of drug-likeness (QED) is 0.0337. The molecule has 0 spiro atoms. The molecule has 14 heteroatoms. The second kappa shape index (κ2) is 58.5. The van der Waals surface area contributed by atoms with Crippen LogP contribution < -0.4 is 10.6 Å². The van der Waals surface area contributed by atoms with Crippen molar-refractivity contribution in [2.75, 3.05) is 65.9 Å². The van der Waals surface area contributed by atoms with Crippen LogP contribution in [0.4, 0.5) is 9.59 Å². The Bertz CT molecular complexity index is 1320. The number of amides is 2. The van der Waals surface area contributed by atoms with Crippen LogP contribution in [0.15, 0.2) is 0 Å². The number of rotatable bonds is 60. The van der Waals surface area contributed by atoms with E-state index in [-0.39, 0.29) is 37.3 Å². The van der Waals surface area contributed by atoms with Gasteiger partial charge in [0.15, 0.2) is 0 Å². The molecule has 468 valence electrons. The normalized spacial score (nSPS) is 12.1. The first-order valence-corrected chi connectivity index (χ1v) is 33.0. The topological polar surface area (TPSA) is 166 Å². The van der Waals surface area contributed by atoms with Crippen molar-refractivity contribution in [2.24, 2.45) is 0 Å². The van der Waals surface area contributed by atoms with Crippen molar-refractivity contribution in [2.45, 2.75) is 329 Å².